The van der Waals surface area contributed by atoms with Gasteiger partial charge < -0.3 is 14.2 Å². The molecule has 0 aromatic rings. The third-order valence-electron chi connectivity index (χ3n) is 1.44. The van der Waals surface area contributed by atoms with Crippen LogP contribution in [-0.4, -0.2) is 39.5 Å². The van der Waals surface area contributed by atoms with Gasteiger partial charge in [-0.05, 0) is 13.0 Å². The predicted octanol–water partition coefficient (Wildman–Crippen LogP) is 1.06. The van der Waals surface area contributed by atoms with Crippen molar-refractivity contribution >= 4 is 5.97 Å². The Bertz CT molecular complexity index is 203. The van der Waals surface area contributed by atoms with Crippen molar-refractivity contribution in [3.8, 4) is 0 Å². The Balaban J connectivity index is 4.23. The fourth-order valence-electron chi connectivity index (χ4n) is 0.780. The highest BCUT2D eigenvalue weighted by molar-refractivity contribution is 5.85. The van der Waals surface area contributed by atoms with E-state index in [1.807, 2.05) is 0 Å². The number of methoxy groups -OCH3 is 2. The maximum Gasteiger partial charge on any atom is 0.366 e. The predicted molar refractivity (Wildman–Crippen MR) is 48.5 cm³/mol. The summed E-state index contributed by atoms with van der Waals surface area (Å²) in [6.07, 6.45) is 0.450. The summed E-state index contributed by atoms with van der Waals surface area (Å²) in [5, 5.41) is 0. The molecule has 0 unspecified atom stereocenters. The number of carbonyl (C=O) groups is 1. The van der Waals surface area contributed by atoms with Crippen LogP contribution in [0.3, 0.4) is 0 Å². The van der Waals surface area contributed by atoms with Crippen LogP contribution in [0.1, 0.15) is 6.92 Å². The van der Waals surface area contributed by atoms with E-state index in [4.69, 9.17) is 9.47 Å². The van der Waals surface area contributed by atoms with Gasteiger partial charge in [0.15, 0.2) is 0 Å². The molecule has 0 bridgehead atoms. The lowest BCUT2D eigenvalue weighted by Gasteiger charge is -2.09. The van der Waals surface area contributed by atoms with Crippen LogP contribution in [0.5, 0.6) is 0 Å². The van der Waals surface area contributed by atoms with Crippen molar-refractivity contribution in [2.75, 3.05) is 27.4 Å². The topological polar surface area (TPSA) is 44.8 Å². The van der Waals surface area contributed by atoms with E-state index in [0.717, 1.165) is 6.08 Å². The van der Waals surface area contributed by atoms with Gasteiger partial charge in [0.25, 0.3) is 0 Å². The lowest BCUT2D eigenvalue weighted by atomic mass is 10.3. The zero-order valence-corrected chi connectivity index (χ0v) is 8.58. The SMILES string of the molecule is CCOC(=O)/C(F)=C/[C@H](COC)OC. The fourth-order valence-corrected chi connectivity index (χ4v) is 0.780. The summed E-state index contributed by atoms with van der Waals surface area (Å²) in [6.45, 7) is 1.93. The molecule has 82 valence electrons. The third kappa shape index (κ3) is 4.94. The smallest absolute Gasteiger partial charge is 0.366 e. The van der Waals surface area contributed by atoms with Gasteiger partial charge in [-0.3, -0.25) is 0 Å². The second-order valence-electron chi connectivity index (χ2n) is 2.46. The van der Waals surface area contributed by atoms with Crippen molar-refractivity contribution in [2.45, 2.75) is 13.0 Å². The summed E-state index contributed by atoms with van der Waals surface area (Å²) in [5.41, 5.74) is 0. The summed E-state index contributed by atoms with van der Waals surface area (Å²) in [7, 11) is 2.86. The van der Waals surface area contributed by atoms with Gasteiger partial charge in [0.05, 0.1) is 13.2 Å². The summed E-state index contributed by atoms with van der Waals surface area (Å²) in [4.78, 5) is 10.8. The molecule has 0 aliphatic heterocycles. The number of halogens is 1. The fraction of sp³-hybridized carbons (Fsp3) is 0.667. The highest BCUT2D eigenvalue weighted by Crippen LogP contribution is 2.04. The molecule has 0 N–H and O–H groups in total. The summed E-state index contributed by atoms with van der Waals surface area (Å²) >= 11 is 0. The lowest BCUT2D eigenvalue weighted by Crippen LogP contribution is -2.16. The summed E-state index contributed by atoms with van der Waals surface area (Å²) < 4.78 is 27.0. The van der Waals surface area contributed by atoms with Gasteiger partial charge in [0.2, 0.25) is 5.83 Å². The molecule has 0 heterocycles. The molecule has 0 amide bonds. The van der Waals surface area contributed by atoms with Crippen molar-refractivity contribution < 1.29 is 23.4 Å². The molecule has 4 nitrogen and oxygen atoms in total. The Morgan fingerprint density at radius 1 is 1.50 bits per heavy atom. The standard InChI is InChI=1S/C9H15FO4/c1-4-14-9(11)8(10)5-7(13-3)6-12-2/h5,7H,4,6H2,1-3H3/b8-5-/t7-/m1/s1. The molecule has 14 heavy (non-hydrogen) atoms. The minimum Gasteiger partial charge on any atom is -0.461 e. The van der Waals surface area contributed by atoms with Crippen LogP contribution in [0.25, 0.3) is 0 Å². The normalized spacial score (nSPS) is 13.9. The zero-order valence-electron chi connectivity index (χ0n) is 8.58. The monoisotopic (exact) mass is 206 g/mol. The molecule has 0 rings (SSSR count). The average Bonchev–Trinajstić information content (AvgIpc) is 2.17. The molecule has 0 saturated carbocycles. The van der Waals surface area contributed by atoms with E-state index in [2.05, 4.69) is 4.74 Å². The van der Waals surface area contributed by atoms with Crippen LogP contribution < -0.4 is 0 Å². The van der Waals surface area contributed by atoms with E-state index in [0.29, 0.717) is 0 Å². The van der Waals surface area contributed by atoms with E-state index in [9.17, 15) is 9.18 Å². The Kier molecular flexibility index (Phi) is 6.96. The Hall–Kier alpha value is -0.940. The number of hydrogen-bond donors (Lipinski definition) is 0. The lowest BCUT2D eigenvalue weighted by molar-refractivity contribution is -0.140. The minimum atomic E-state index is -0.981. The van der Waals surface area contributed by atoms with Crippen LogP contribution in [0.2, 0.25) is 0 Å². The molecule has 5 heteroatoms. The van der Waals surface area contributed by atoms with E-state index < -0.39 is 17.9 Å². The zero-order chi connectivity index (χ0) is 11.0. The Morgan fingerprint density at radius 2 is 2.14 bits per heavy atom. The van der Waals surface area contributed by atoms with Crippen molar-refractivity contribution in [1.82, 2.24) is 0 Å². The minimum absolute atomic E-state index is 0.141. The molecule has 1 atom stereocenters. The van der Waals surface area contributed by atoms with Crippen LogP contribution >= 0.6 is 0 Å². The van der Waals surface area contributed by atoms with E-state index in [1.165, 1.54) is 14.2 Å². The molecule has 0 aliphatic carbocycles. The molecular weight excluding hydrogens is 191 g/mol. The first-order valence-corrected chi connectivity index (χ1v) is 4.21. The maximum absolute atomic E-state index is 13.0. The number of esters is 1. The van der Waals surface area contributed by atoms with Gasteiger partial charge in [0.1, 0.15) is 6.10 Å². The van der Waals surface area contributed by atoms with Crippen LogP contribution in [0, 0.1) is 0 Å². The van der Waals surface area contributed by atoms with Crippen molar-refractivity contribution in [3.63, 3.8) is 0 Å². The quantitative estimate of drug-likeness (QED) is 0.481. The van der Waals surface area contributed by atoms with Gasteiger partial charge >= 0.3 is 5.97 Å². The van der Waals surface area contributed by atoms with Crippen molar-refractivity contribution in [2.24, 2.45) is 0 Å². The second kappa shape index (κ2) is 7.46. The largest absolute Gasteiger partial charge is 0.461 e. The second-order valence-corrected chi connectivity index (χ2v) is 2.46. The molecule has 0 aliphatic rings. The van der Waals surface area contributed by atoms with E-state index in [1.54, 1.807) is 6.92 Å². The molecule has 0 spiro atoms. The van der Waals surface area contributed by atoms with Crippen LogP contribution in [0.4, 0.5) is 4.39 Å². The average molecular weight is 206 g/mol. The first kappa shape index (κ1) is 13.1. The van der Waals surface area contributed by atoms with Gasteiger partial charge in [-0.25, -0.2) is 4.79 Å². The van der Waals surface area contributed by atoms with Gasteiger partial charge in [0, 0.05) is 14.2 Å². The number of ether oxygens (including phenoxy) is 3. The van der Waals surface area contributed by atoms with Gasteiger partial charge in [-0.2, -0.15) is 4.39 Å². The van der Waals surface area contributed by atoms with Gasteiger partial charge in [-0.1, -0.05) is 0 Å². The first-order valence-electron chi connectivity index (χ1n) is 4.21. The van der Waals surface area contributed by atoms with E-state index >= 15 is 0 Å². The highest BCUT2D eigenvalue weighted by Gasteiger charge is 2.13. The highest BCUT2D eigenvalue weighted by atomic mass is 19.1. The Labute approximate surface area is 82.6 Å². The molecule has 0 aromatic heterocycles. The van der Waals surface area contributed by atoms with Crippen LogP contribution in [0.15, 0.2) is 11.9 Å². The number of carbonyl (C=O) groups excluding carboxylic acids is 1. The Morgan fingerprint density at radius 3 is 2.57 bits per heavy atom. The third-order valence-corrected chi connectivity index (χ3v) is 1.44. The molecule has 0 fully saturated rings. The van der Waals surface area contributed by atoms with Gasteiger partial charge in [-0.15, -0.1) is 0 Å². The molecule has 0 aromatic carbocycles. The molecular formula is C9H15FO4. The number of rotatable bonds is 6. The maximum atomic E-state index is 13.0. The summed E-state index contributed by atoms with van der Waals surface area (Å²) in [6, 6.07) is 0. The van der Waals surface area contributed by atoms with Crippen molar-refractivity contribution in [1.29, 1.82) is 0 Å². The first-order chi connectivity index (χ1) is 6.65. The van der Waals surface area contributed by atoms with E-state index in [-0.39, 0.29) is 13.2 Å². The number of hydrogen-bond acceptors (Lipinski definition) is 4. The molecule has 0 saturated heterocycles. The van der Waals surface area contributed by atoms with Crippen molar-refractivity contribution in [3.05, 3.63) is 11.9 Å². The molecule has 0 radical (unpaired) electrons. The summed E-state index contributed by atoms with van der Waals surface area (Å²) in [5.74, 6) is -1.94. The van der Waals surface area contributed by atoms with Crippen LogP contribution in [-0.2, 0) is 19.0 Å².